The highest BCUT2D eigenvalue weighted by Gasteiger charge is 2.34. The number of nitrogens with zero attached hydrogens (tertiary/aromatic N) is 4. The molecule has 0 spiro atoms. The van der Waals surface area contributed by atoms with Crippen LogP contribution in [0.2, 0.25) is 0 Å². The first-order valence-corrected chi connectivity index (χ1v) is 6.15. The molecule has 1 amide bonds. The molecule has 0 saturated heterocycles. The minimum atomic E-state index is -0.559. The summed E-state index contributed by atoms with van der Waals surface area (Å²) in [4.78, 5) is 22.1. The van der Waals surface area contributed by atoms with Crippen LogP contribution in [0.3, 0.4) is 0 Å². The zero-order valence-electron chi connectivity index (χ0n) is 11.5. The summed E-state index contributed by atoms with van der Waals surface area (Å²) in [5.41, 5.74) is 6.04. The summed E-state index contributed by atoms with van der Waals surface area (Å²) in [5, 5.41) is 0. The van der Waals surface area contributed by atoms with Crippen LogP contribution >= 0.6 is 0 Å². The van der Waals surface area contributed by atoms with Crippen molar-refractivity contribution in [1.82, 2.24) is 9.47 Å². The van der Waals surface area contributed by atoms with Crippen LogP contribution in [0.5, 0.6) is 0 Å². The number of aliphatic imine (C=N–C) groups is 1. The summed E-state index contributed by atoms with van der Waals surface area (Å²) >= 11 is 0. The van der Waals surface area contributed by atoms with Gasteiger partial charge in [-0.25, -0.2) is 4.99 Å². The number of hydrogen-bond acceptors (Lipinski definition) is 4. The van der Waals surface area contributed by atoms with Crippen molar-refractivity contribution in [1.29, 1.82) is 0 Å². The first kappa shape index (κ1) is 13.3. The fourth-order valence-corrected chi connectivity index (χ4v) is 1.98. The van der Waals surface area contributed by atoms with Gasteiger partial charge in [-0.05, 0) is 19.1 Å². The first-order chi connectivity index (χ1) is 8.91. The number of aryl methyl sites for hydroxylation is 1. The third kappa shape index (κ3) is 2.83. The molecule has 6 nitrogen and oxygen atoms in total. The maximum atomic E-state index is 11.8. The number of guanidine groups is 1. The number of nitrogens with two attached hydrogens (primary N) is 1. The van der Waals surface area contributed by atoms with Gasteiger partial charge >= 0.3 is 0 Å². The molecule has 2 N–H and O–H groups in total. The molecule has 102 valence electrons. The van der Waals surface area contributed by atoms with Gasteiger partial charge in [0.25, 0.3) is 0 Å². The second-order valence-corrected chi connectivity index (χ2v) is 5.08. The van der Waals surface area contributed by atoms with Crippen LogP contribution in [0, 0.1) is 0 Å². The van der Waals surface area contributed by atoms with Gasteiger partial charge in [0.2, 0.25) is 5.91 Å². The standard InChI is InChI=1S/C13H19N5O/c1-13(8-11(19)18(3)12(14)16-13)9-15-10-6-4-5-7-17(10)2/h4-7H,8-9H2,1-3H3,(H2,14,16)/t13-/m0/s1. The van der Waals surface area contributed by atoms with Gasteiger partial charge in [-0.1, -0.05) is 6.07 Å². The number of pyridine rings is 1. The summed E-state index contributed by atoms with van der Waals surface area (Å²) in [6.07, 6.45) is 2.25. The van der Waals surface area contributed by atoms with Crippen LogP contribution in [0.1, 0.15) is 13.3 Å². The normalized spacial score (nSPS) is 24.6. The van der Waals surface area contributed by atoms with E-state index in [0.717, 1.165) is 5.49 Å². The molecule has 0 aromatic carbocycles. The average molecular weight is 261 g/mol. The Morgan fingerprint density at radius 1 is 1.47 bits per heavy atom. The molecule has 0 aliphatic carbocycles. The molecule has 1 aliphatic heterocycles. The maximum Gasteiger partial charge on any atom is 0.231 e. The summed E-state index contributed by atoms with van der Waals surface area (Å²) in [6.45, 7) is 2.34. The van der Waals surface area contributed by atoms with Gasteiger partial charge in [-0.15, -0.1) is 0 Å². The lowest BCUT2D eigenvalue weighted by molar-refractivity contribution is -0.128. The van der Waals surface area contributed by atoms with E-state index in [-0.39, 0.29) is 11.9 Å². The number of carbonyl (C=O) groups excluding carboxylic acids is 1. The molecular formula is C13H19N5O. The Balaban J connectivity index is 2.27. The third-order valence-electron chi connectivity index (χ3n) is 3.24. The Morgan fingerprint density at radius 2 is 2.21 bits per heavy atom. The molecule has 6 heteroatoms. The number of amides is 1. The Labute approximate surface area is 112 Å². The quantitative estimate of drug-likeness (QED) is 0.804. The molecule has 1 atom stereocenters. The van der Waals surface area contributed by atoms with Gasteiger partial charge in [-0.3, -0.25) is 14.7 Å². The van der Waals surface area contributed by atoms with Crippen molar-refractivity contribution in [3.8, 4) is 0 Å². The fourth-order valence-electron chi connectivity index (χ4n) is 1.98. The molecule has 19 heavy (non-hydrogen) atoms. The summed E-state index contributed by atoms with van der Waals surface area (Å²) in [7, 11) is 3.56. The van der Waals surface area contributed by atoms with Crippen LogP contribution in [0.25, 0.3) is 0 Å². The Hall–Kier alpha value is -2.11. The summed E-state index contributed by atoms with van der Waals surface area (Å²) < 4.78 is 1.92. The van der Waals surface area contributed by atoms with E-state index in [1.807, 2.05) is 42.9 Å². The van der Waals surface area contributed by atoms with E-state index in [9.17, 15) is 4.79 Å². The molecule has 1 aromatic heterocycles. The number of hydrogen-bond donors (Lipinski definition) is 1. The van der Waals surface area contributed by atoms with Gasteiger partial charge in [0.1, 0.15) is 5.49 Å². The minimum Gasteiger partial charge on any atom is -0.369 e. The van der Waals surface area contributed by atoms with Crippen molar-refractivity contribution >= 4 is 11.9 Å². The molecular weight excluding hydrogens is 242 g/mol. The highest BCUT2D eigenvalue weighted by molar-refractivity contribution is 5.98. The van der Waals surface area contributed by atoms with Crippen molar-refractivity contribution < 1.29 is 4.79 Å². The predicted molar refractivity (Wildman–Crippen MR) is 73.3 cm³/mol. The van der Waals surface area contributed by atoms with Crippen LogP contribution in [-0.4, -0.2) is 40.5 Å². The third-order valence-corrected chi connectivity index (χ3v) is 3.24. The molecule has 2 rings (SSSR count). The second-order valence-electron chi connectivity index (χ2n) is 5.08. The molecule has 1 aliphatic rings. The Kier molecular flexibility index (Phi) is 3.42. The predicted octanol–water partition coefficient (Wildman–Crippen LogP) is -0.139. The molecule has 0 saturated carbocycles. The van der Waals surface area contributed by atoms with Crippen molar-refractivity contribution in [3.63, 3.8) is 0 Å². The molecule has 0 bridgehead atoms. The Bertz CT molecular complexity index is 589. The topological polar surface area (TPSA) is 76.0 Å². The largest absolute Gasteiger partial charge is 0.369 e. The number of carbonyl (C=O) groups is 1. The first-order valence-electron chi connectivity index (χ1n) is 6.15. The molecule has 0 unspecified atom stereocenters. The van der Waals surface area contributed by atoms with Crippen molar-refractivity contribution in [2.75, 3.05) is 13.6 Å². The lowest BCUT2D eigenvalue weighted by Crippen LogP contribution is -2.49. The van der Waals surface area contributed by atoms with E-state index < -0.39 is 5.54 Å². The van der Waals surface area contributed by atoms with Gasteiger partial charge in [-0.2, -0.15) is 0 Å². The fraction of sp³-hybridized carbons (Fsp3) is 0.462. The van der Waals surface area contributed by atoms with Crippen LogP contribution in [0.15, 0.2) is 34.4 Å². The zero-order chi connectivity index (χ0) is 14.0. The molecule has 2 heterocycles. The minimum absolute atomic E-state index is 0.0253. The number of rotatable bonds is 2. The van der Waals surface area contributed by atoms with E-state index >= 15 is 0 Å². The van der Waals surface area contributed by atoms with Crippen molar-refractivity contribution in [2.24, 2.45) is 22.8 Å². The van der Waals surface area contributed by atoms with E-state index in [0.29, 0.717) is 13.0 Å². The highest BCUT2D eigenvalue weighted by atomic mass is 16.2. The Morgan fingerprint density at radius 3 is 2.84 bits per heavy atom. The summed E-state index contributed by atoms with van der Waals surface area (Å²) in [6, 6.07) is 5.79. The second kappa shape index (κ2) is 4.87. The maximum absolute atomic E-state index is 11.8. The van der Waals surface area contributed by atoms with E-state index in [1.54, 1.807) is 7.05 Å². The molecule has 1 aromatic rings. The van der Waals surface area contributed by atoms with Gasteiger partial charge in [0.15, 0.2) is 5.96 Å². The van der Waals surface area contributed by atoms with Crippen LogP contribution in [0.4, 0.5) is 0 Å². The van der Waals surface area contributed by atoms with E-state index in [4.69, 9.17) is 5.73 Å². The summed E-state index contributed by atoms with van der Waals surface area (Å²) in [5.74, 6) is 0.231. The monoisotopic (exact) mass is 261 g/mol. The smallest absolute Gasteiger partial charge is 0.231 e. The van der Waals surface area contributed by atoms with Crippen LogP contribution < -0.4 is 11.2 Å². The molecule has 0 fully saturated rings. The van der Waals surface area contributed by atoms with E-state index in [2.05, 4.69) is 9.98 Å². The van der Waals surface area contributed by atoms with Crippen molar-refractivity contribution in [3.05, 3.63) is 29.9 Å². The lowest BCUT2D eigenvalue weighted by Gasteiger charge is -2.32. The van der Waals surface area contributed by atoms with Crippen molar-refractivity contribution in [2.45, 2.75) is 18.9 Å². The average Bonchev–Trinajstić information content (AvgIpc) is 2.35. The zero-order valence-corrected chi connectivity index (χ0v) is 11.5. The van der Waals surface area contributed by atoms with Gasteiger partial charge < -0.3 is 10.3 Å². The highest BCUT2D eigenvalue weighted by Crippen LogP contribution is 2.21. The van der Waals surface area contributed by atoms with Crippen LogP contribution in [-0.2, 0) is 11.8 Å². The number of aromatic nitrogens is 1. The van der Waals surface area contributed by atoms with E-state index in [1.165, 1.54) is 4.90 Å². The van der Waals surface area contributed by atoms with Gasteiger partial charge in [0, 0.05) is 20.3 Å². The SMILES string of the molecule is CN1C(=O)C[C@@](C)(CN=c2ccccn2C)N=C1N. The lowest BCUT2D eigenvalue weighted by atomic mass is 9.96. The van der Waals surface area contributed by atoms with Gasteiger partial charge in [0.05, 0.1) is 18.5 Å². The molecule has 0 radical (unpaired) electrons.